The number of benzene rings is 3. The Morgan fingerprint density at radius 3 is 2.17 bits per heavy atom. The van der Waals surface area contributed by atoms with Crippen LogP contribution in [0.25, 0.3) is 0 Å². The van der Waals surface area contributed by atoms with Gasteiger partial charge in [-0.05, 0) is 28.8 Å². The number of nitrogens with one attached hydrogen (secondary N) is 1. The molecule has 30 heavy (non-hydrogen) atoms. The maximum absolute atomic E-state index is 13.2. The smallest absolute Gasteiger partial charge is 0.238 e. The minimum absolute atomic E-state index is 0.113. The van der Waals surface area contributed by atoms with Gasteiger partial charge >= 0.3 is 0 Å². The highest BCUT2D eigenvalue weighted by Gasteiger charge is 2.23. The van der Waals surface area contributed by atoms with Crippen molar-refractivity contribution in [2.45, 2.75) is 12.3 Å². The first-order valence-corrected chi connectivity index (χ1v) is 11.0. The Morgan fingerprint density at radius 2 is 1.57 bits per heavy atom. The van der Waals surface area contributed by atoms with Gasteiger partial charge in [-0.2, -0.15) is 0 Å². The largest absolute Gasteiger partial charge is 0.301 e. The van der Waals surface area contributed by atoms with Crippen molar-refractivity contribution in [3.05, 3.63) is 117 Å². The van der Waals surface area contributed by atoms with E-state index in [1.54, 1.807) is 12.3 Å². The average molecular weight is 453 g/mol. The molecule has 0 aliphatic heterocycles. The number of carbonyl (C=O) groups is 1. The van der Waals surface area contributed by atoms with Crippen LogP contribution in [0, 0.1) is 0 Å². The highest BCUT2D eigenvalue weighted by molar-refractivity contribution is 7.15. The van der Waals surface area contributed by atoms with Crippen molar-refractivity contribution in [3.63, 3.8) is 0 Å². The van der Waals surface area contributed by atoms with Gasteiger partial charge in [-0.1, -0.05) is 89.9 Å². The summed E-state index contributed by atoms with van der Waals surface area (Å²) in [5.41, 5.74) is 2.84. The number of amides is 1. The molecule has 4 aromatic rings. The van der Waals surface area contributed by atoms with Crippen LogP contribution in [0.5, 0.6) is 0 Å². The van der Waals surface area contributed by atoms with Crippen LogP contribution < -0.4 is 5.32 Å². The molecule has 3 nitrogen and oxygen atoms in total. The highest BCUT2D eigenvalue weighted by Crippen LogP contribution is 2.29. The van der Waals surface area contributed by atoms with Crippen LogP contribution >= 0.6 is 34.5 Å². The number of carbonyl (C=O) groups excluding carboxylic acids is 1. The summed E-state index contributed by atoms with van der Waals surface area (Å²) in [7, 11) is 0. The van der Waals surface area contributed by atoms with E-state index in [9.17, 15) is 4.79 Å². The van der Waals surface area contributed by atoms with E-state index in [2.05, 4.69) is 10.3 Å². The van der Waals surface area contributed by atoms with Crippen molar-refractivity contribution in [1.82, 2.24) is 4.98 Å². The molecule has 0 radical (unpaired) electrons. The van der Waals surface area contributed by atoms with Gasteiger partial charge in [-0.25, -0.2) is 4.98 Å². The van der Waals surface area contributed by atoms with E-state index in [1.807, 2.05) is 72.8 Å². The summed E-state index contributed by atoms with van der Waals surface area (Å²) in [5, 5.41) is 4.78. The molecule has 1 aromatic heterocycles. The van der Waals surface area contributed by atoms with Gasteiger partial charge in [-0.3, -0.25) is 4.79 Å². The number of hydrogen-bond donors (Lipinski definition) is 1. The second-order valence-corrected chi connectivity index (χ2v) is 8.75. The predicted molar refractivity (Wildman–Crippen MR) is 125 cm³/mol. The van der Waals surface area contributed by atoms with Crippen molar-refractivity contribution in [2.75, 3.05) is 5.32 Å². The maximum atomic E-state index is 13.2. The molecular weight excluding hydrogens is 435 g/mol. The lowest BCUT2D eigenvalue weighted by Gasteiger charge is -2.17. The van der Waals surface area contributed by atoms with E-state index in [-0.39, 0.29) is 5.91 Å². The lowest BCUT2D eigenvalue weighted by molar-refractivity contribution is -0.116. The van der Waals surface area contributed by atoms with E-state index in [1.165, 1.54) is 11.3 Å². The number of thiazole rings is 1. The Hall–Kier alpha value is -2.66. The molecule has 0 unspecified atom stereocenters. The molecule has 6 heteroatoms. The first-order valence-electron chi connectivity index (χ1n) is 9.39. The maximum Gasteiger partial charge on any atom is 0.238 e. The Kier molecular flexibility index (Phi) is 6.48. The molecule has 0 spiro atoms. The van der Waals surface area contributed by atoms with Gasteiger partial charge in [0.05, 0.1) is 5.92 Å². The second kappa shape index (κ2) is 9.43. The zero-order chi connectivity index (χ0) is 20.9. The van der Waals surface area contributed by atoms with Gasteiger partial charge in [0.1, 0.15) is 0 Å². The van der Waals surface area contributed by atoms with Crippen molar-refractivity contribution < 1.29 is 4.79 Å². The third kappa shape index (κ3) is 4.90. The molecule has 1 amide bonds. The Bertz CT molecular complexity index is 1110. The molecule has 3 aromatic carbocycles. The van der Waals surface area contributed by atoms with E-state index in [0.717, 1.165) is 21.6 Å². The Balaban J connectivity index is 1.53. The van der Waals surface area contributed by atoms with Crippen LogP contribution in [0.2, 0.25) is 10.0 Å². The summed E-state index contributed by atoms with van der Waals surface area (Å²) in [4.78, 5) is 18.6. The van der Waals surface area contributed by atoms with E-state index in [0.29, 0.717) is 21.6 Å². The molecule has 4 rings (SSSR count). The molecule has 1 N–H and O–H groups in total. The van der Waals surface area contributed by atoms with Crippen molar-refractivity contribution in [1.29, 1.82) is 0 Å². The fraction of sp³-hybridized carbons (Fsp3) is 0.0833. The van der Waals surface area contributed by atoms with Crippen molar-refractivity contribution in [2.24, 2.45) is 0 Å². The molecule has 150 valence electrons. The standard InChI is InChI=1S/C24H18Cl2N2OS/c25-19-12-11-18(21(26)14-19)13-20-15-27-24(30-20)28-23(29)22(16-7-3-1-4-8-16)17-9-5-2-6-10-17/h1-12,14-15,22H,13H2,(H,27,28,29). The number of rotatable bonds is 6. The molecule has 0 bridgehead atoms. The third-order valence-corrected chi connectivity index (χ3v) is 6.19. The predicted octanol–water partition coefficient (Wildman–Crippen LogP) is 6.81. The van der Waals surface area contributed by atoms with Crippen molar-refractivity contribution in [3.8, 4) is 0 Å². The van der Waals surface area contributed by atoms with Gasteiger partial charge < -0.3 is 5.32 Å². The number of nitrogens with zero attached hydrogens (tertiary/aromatic N) is 1. The second-order valence-electron chi connectivity index (χ2n) is 6.79. The summed E-state index contributed by atoms with van der Waals surface area (Å²) >= 11 is 13.7. The van der Waals surface area contributed by atoms with Crippen LogP contribution in [0.1, 0.15) is 27.5 Å². The summed E-state index contributed by atoms with van der Waals surface area (Å²) in [6.45, 7) is 0. The SMILES string of the molecule is O=C(Nc1ncc(Cc2ccc(Cl)cc2Cl)s1)C(c1ccccc1)c1ccccc1. The molecule has 0 atom stereocenters. The minimum Gasteiger partial charge on any atom is -0.301 e. The molecule has 0 saturated carbocycles. The highest BCUT2D eigenvalue weighted by atomic mass is 35.5. The lowest BCUT2D eigenvalue weighted by atomic mass is 9.90. The first-order chi connectivity index (χ1) is 14.6. The van der Waals surface area contributed by atoms with Crippen LogP contribution in [0.15, 0.2) is 85.1 Å². The third-order valence-electron chi connectivity index (χ3n) is 4.69. The van der Waals surface area contributed by atoms with Crippen molar-refractivity contribution >= 4 is 45.6 Å². The lowest BCUT2D eigenvalue weighted by Crippen LogP contribution is -2.22. The van der Waals surface area contributed by atoms with E-state index in [4.69, 9.17) is 23.2 Å². The Labute approximate surface area is 189 Å². The quantitative estimate of drug-likeness (QED) is 0.348. The monoisotopic (exact) mass is 452 g/mol. The minimum atomic E-state index is -0.412. The summed E-state index contributed by atoms with van der Waals surface area (Å²) in [6.07, 6.45) is 2.40. The zero-order valence-corrected chi connectivity index (χ0v) is 18.2. The van der Waals surface area contributed by atoms with Gasteiger partial charge in [0.2, 0.25) is 5.91 Å². The molecule has 0 saturated heterocycles. The fourth-order valence-electron chi connectivity index (χ4n) is 3.26. The van der Waals surface area contributed by atoms with Gasteiger partial charge in [0, 0.05) is 27.5 Å². The van der Waals surface area contributed by atoms with Gasteiger partial charge in [-0.15, -0.1) is 11.3 Å². The summed E-state index contributed by atoms with van der Waals surface area (Å²) in [6, 6.07) is 25.0. The molecule has 0 aliphatic carbocycles. The number of hydrogen-bond acceptors (Lipinski definition) is 3. The topological polar surface area (TPSA) is 42.0 Å². The number of halogens is 2. The van der Waals surface area contributed by atoms with Crippen LogP contribution in [0.3, 0.4) is 0 Å². The number of aromatic nitrogens is 1. The summed E-state index contributed by atoms with van der Waals surface area (Å²) in [5.74, 6) is -0.525. The zero-order valence-electron chi connectivity index (χ0n) is 15.9. The van der Waals surface area contributed by atoms with Crippen LogP contribution in [-0.2, 0) is 11.2 Å². The van der Waals surface area contributed by atoms with E-state index < -0.39 is 5.92 Å². The van der Waals surface area contributed by atoms with Crippen LogP contribution in [-0.4, -0.2) is 10.9 Å². The molecule has 0 aliphatic rings. The summed E-state index contributed by atoms with van der Waals surface area (Å²) < 4.78 is 0. The normalized spacial score (nSPS) is 10.9. The van der Waals surface area contributed by atoms with E-state index >= 15 is 0 Å². The molecule has 1 heterocycles. The number of anilines is 1. The van der Waals surface area contributed by atoms with Gasteiger partial charge in [0.15, 0.2) is 5.13 Å². The molecule has 0 fully saturated rings. The molecular formula is C24H18Cl2N2OS. The average Bonchev–Trinajstić information content (AvgIpc) is 3.19. The van der Waals surface area contributed by atoms with Crippen LogP contribution in [0.4, 0.5) is 5.13 Å². The Morgan fingerprint density at radius 1 is 0.933 bits per heavy atom. The van der Waals surface area contributed by atoms with Gasteiger partial charge in [0.25, 0.3) is 0 Å². The first kappa shape index (κ1) is 20.6. The fourth-order valence-corrected chi connectivity index (χ4v) is 4.58.